The first-order chi connectivity index (χ1) is 31.9. The first-order valence-corrected chi connectivity index (χ1v) is 25.2. The summed E-state index contributed by atoms with van der Waals surface area (Å²) < 4.78 is 40.8. The Balaban J connectivity index is 1.18. The fraction of sp³-hybridized carbons (Fsp3) is 0.500. The Bertz CT molecular complexity index is 2590. The zero-order valence-electron chi connectivity index (χ0n) is 38.9. The van der Waals surface area contributed by atoms with E-state index in [0.29, 0.717) is 52.2 Å². The lowest BCUT2D eigenvalue weighted by atomic mass is 9.86. The van der Waals surface area contributed by atoms with E-state index in [2.05, 4.69) is 21.3 Å². The number of allylic oxidation sites excluding steroid dienone is 2. The maximum Gasteiger partial charge on any atom is 0.326 e. The van der Waals surface area contributed by atoms with Gasteiger partial charge in [0, 0.05) is 54.5 Å². The number of sulfonamides is 1. The van der Waals surface area contributed by atoms with Crippen molar-refractivity contribution in [1.29, 1.82) is 0 Å². The van der Waals surface area contributed by atoms with E-state index in [1.165, 1.54) is 20.5 Å². The van der Waals surface area contributed by atoms with Crippen LogP contribution in [0.3, 0.4) is 0 Å². The standard InChI is InChI=1S/C48H62N8O9S2/c1-29(2)49-47-53-38(28-66-47)37-24-40(33-21-20-31(64-6)22-36(33)50-37)65-32-23-39-43(57)51-35(45(59)60)18-13-11-9-7-8-10-12-17-34(44(58)56(39)26-32)52-46(61)54-42(48(3,4)5)27-55-25-30-16-14-15-19-41(30)67(55,62)63/h9,11,14-16,19-22,24,28-29,32,34-35,39,42H,7-8,10,12-13,17-18,23,25-27H2,1-6H3,(H,49,53)(H,51,57)(H,59,60)(H2,52,54,61)/t32-,34+,35+,39+,42-/m1/s1. The van der Waals surface area contributed by atoms with Gasteiger partial charge in [0.15, 0.2) is 5.13 Å². The first-order valence-electron chi connectivity index (χ1n) is 22.9. The monoisotopic (exact) mass is 958 g/mol. The highest BCUT2D eigenvalue weighted by Crippen LogP contribution is 2.36. The minimum atomic E-state index is -3.80. The average Bonchev–Trinajstić information content (AvgIpc) is 3.99. The zero-order valence-corrected chi connectivity index (χ0v) is 40.5. The molecule has 0 spiro atoms. The number of aliphatic carboxylic acids is 1. The van der Waals surface area contributed by atoms with Crippen molar-refractivity contribution in [2.75, 3.05) is 25.5 Å². The highest BCUT2D eigenvalue weighted by atomic mass is 32.2. The second kappa shape index (κ2) is 21.0. The molecule has 1 fully saturated rings. The zero-order chi connectivity index (χ0) is 48.0. The molecular formula is C48H62N8O9S2. The predicted octanol–water partition coefficient (Wildman–Crippen LogP) is 6.69. The van der Waals surface area contributed by atoms with E-state index >= 15 is 0 Å². The van der Waals surface area contributed by atoms with Crippen molar-refractivity contribution in [3.63, 3.8) is 0 Å². The van der Waals surface area contributed by atoms with Gasteiger partial charge >= 0.3 is 12.0 Å². The van der Waals surface area contributed by atoms with Gasteiger partial charge < -0.3 is 40.7 Å². The smallest absolute Gasteiger partial charge is 0.326 e. The SMILES string of the molecule is COc1ccc2c(O[C@@H]3C[C@H]4C(=O)N[C@H](C(=O)O)CCC=CCCCCC[C@H](NC(=O)N[C@H](CN5Cc6ccccc6S5(=O)=O)C(C)(C)C)C(=O)N4C3)cc(-c3csc(NC(C)C)n3)nc2c1. The Morgan fingerprint density at radius 3 is 2.51 bits per heavy atom. The number of nitrogens with one attached hydrogen (secondary N) is 4. The number of fused-ring (bicyclic) bond motifs is 3. The quantitative estimate of drug-likeness (QED) is 0.0993. The summed E-state index contributed by atoms with van der Waals surface area (Å²) in [6.07, 6.45) is 6.95. The van der Waals surface area contributed by atoms with E-state index in [-0.39, 0.29) is 49.8 Å². The third-order valence-corrected chi connectivity index (χ3v) is 15.0. The molecule has 1 saturated heterocycles. The maximum atomic E-state index is 15.0. The average molecular weight is 959 g/mol. The lowest BCUT2D eigenvalue weighted by Crippen LogP contribution is -2.59. The number of urea groups is 1. The van der Waals surface area contributed by atoms with Gasteiger partial charge in [0.1, 0.15) is 41.4 Å². The Kier molecular flexibility index (Phi) is 15.4. The first kappa shape index (κ1) is 49.1. The van der Waals surface area contributed by atoms with Gasteiger partial charge in [-0.1, -0.05) is 64.0 Å². The molecule has 5 atom stereocenters. The van der Waals surface area contributed by atoms with Gasteiger partial charge in [0.2, 0.25) is 21.8 Å². The van der Waals surface area contributed by atoms with E-state index < -0.39 is 69.5 Å². The van der Waals surface area contributed by atoms with Crippen molar-refractivity contribution in [2.45, 2.75) is 134 Å². The van der Waals surface area contributed by atoms with Crippen molar-refractivity contribution < 1.29 is 42.2 Å². The molecule has 0 saturated carbocycles. The van der Waals surface area contributed by atoms with Crippen molar-refractivity contribution in [1.82, 2.24) is 35.1 Å². The summed E-state index contributed by atoms with van der Waals surface area (Å²) in [5.41, 5.74) is 1.81. The third-order valence-electron chi connectivity index (χ3n) is 12.3. The predicted molar refractivity (Wildman–Crippen MR) is 256 cm³/mol. The number of carbonyl (C=O) groups excluding carboxylic acids is 3. The number of ether oxygens (including phenoxy) is 2. The van der Waals surface area contributed by atoms with Crippen molar-refractivity contribution in [3.8, 4) is 22.9 Å². The van der Waals surface area contributed by atoms with Crippen molar-refractivity contribution >= 4 is 61.2 Å². The van der Waals surface area contributed by atoms with Crippen LogP contribution >= 0.6 is 11.3 Å². The molecule has 19 heteroatoms. The number of pyridine rings is 1. The van der Waals surface area contributed by atoms with Crippen LogP contribution in [0.2, 0.25) is 0 Å². The van der Waals surface area contributed by atoms with Crippen LogP contribution in [0.15, 0.2) is 71.0 Å². The summed E-state index contributed by atoms with van der Waals surface area (Å²) >= 11 is 1.45. The fourth-order valence-electron chi connectivity index (χ4n) is 8.62. The molecule has 5 N–H and O–H groups in total. The molecule has 0 radical (unpaired) electrons. The number of carbonyl (C=O) groups is 4. The molecule has 0 bridgehead atoms. The third kappa shape index (κ3) is 11.9. The number of amides is 4. The molecule has 17 nitrogen and oxygen atoms in total. The van der Waals surface area contributed by atoms with Crippen LogP contribution in [0, 0.1) is 5.41 Å². The summed E-state index contributed by atoms with van der Waals surface area (Å²) in [5.74, 6) is -1.35. The number of carboxylic acid groups (broad SMARTS) is 1. The van der Waals surface area contributed by atoms with E-state index in [1.54, 1.807) is 49.6 Å². The van der Waals surface area contributed by atoms with Crippen LogP contribution in [0.1, 0.15) is 91.5 Å². The molecule has 2 aromatic heterocycles. The second-order valence-electron chi connectivity index (χ2n) is 18.8. The lowest BCUT2D eigenvalue weighted by molar-refractivity contribution is -0.144. The molecule has 0 unspecified atom stereocenters. The number of benzene rings is 2. The summed E-state index contributed by atoms with van der Waals surface area (Å²) in [7, 11) is -2.23. The molecule has 4 amide bonds. The van der Waals surface area contributed by atoms with Gasteiger partial charge in [0.25, 0.3) is 0 Å². The Morgan fingerprint density at radius 2 is 1.78 bits per heavy atom. The number of aromatic nitrogens is 2. The highest BCUT2D eigenvalue weighted by molar-refractivity contribution is 7.89. The van der Waals surface area contributed by atoms with Crippen LogP contribution in [0.5, 0.6) is 11.5 Å². The van der Waals surface area contributed by atoms with E-state index in [9.17, 15) is 32.7 Å². The summed E-state index contributed by atoms with van der Waals surface area (Å²) in [5, 5.41) is 25.4. The largest absolute Gasteiger partial charge is 0.497 e. The lowest BCUT2D eigenvalue weighted by Gasteiger charge is -2.35. The van der Waals surface area contributed by atoms with Gasteiger partial charge in [0.05, 0.1) is 29.8 Å². The Hall–Kier alpha value is -5.79. The molecule has 2 aromatic carbocycles. The summed E-state index contributed by atoms with van der Waals surface area (Å²) in [4.78, 5) is 67.1. The number of rotatable bonds is 11. The molecule has 360 valence electrons. The highest BCUT2D eigenvalue weighted by Gasteiger charge is 2.45. The van der Waals surface area contributed by atoms with Gasteiger partial charge in [-0.15, -0.1) is 11.3 Å². The number of methoxy groups -OCH3 is 1. The second-order valence-corrected chi connectivity index (χ2v) is 21.6. The molecule has 3 aliphatic rings. The Morgan fingerprint density at radius 1 is 1.00 bits per heavy atom. The topological polar surface area (TPSA) is 221 Å². The minimum Gasteiger partial charge on any atom is -0.497 e. The molecular weight excluding hydrogens is 897 g/mol. The molecule has 5 heterocycles. The van der Waals surface area contributed by atoms with Crippen molar-refractivity contribution in [2.24, 2.45) is 5.41 Å². The van der Waals surface area contributed by atoms with Crippen LogP contribution in [0.25, 0.3) is 22.3 Å². The number of hydrogen-bond acceptors (Lipinski definition) is 12. The van der Waals surface area contributed by atoms with Crippen molar-refractivity contribution in [3.05, 3.63) is 71.6 Å². The normalized spacial score (nSPS) is 22.2. The van der Waals surface area contributed by atoms with Gasteiger partial charge in [-0.05, 0) is 75.1 Å². The summed E-state index contributed by atoms with van der Waals surface area (Å²) in [6.45, 7) is 9.87. The van der Waals surface area contributed by atoms with Crippen LogP contribution in [-0.2, 0) is 31.0 Å². The maximum absolute atomic E-state index is 15.0. The van der Waals surface area contributed by atoms with E-state index in [1.807, 2.05) is 58.2 Å². The van der Waals surface area contributed by atoms with E-state index in [0.717, 1.165) is 24.4 Å². The van der Waals surface area contributed by atoms with Gasteiger partial charge in [-0.3, -0.25) is 9.59 Å². The molecule has 7 rings (SSSR count). The van der Waals surface area contributed by atoms with Crippen LogP contribution in [-0.4, -0.2) is 113 Å². The summed E-state index contributed by atoms with van der Waals surface area (Å²) in [6, 6.07) is 9.42. The minimum absolute atomic E-state index is 0.00511. The number of thiazole rings is 1. The van der Waals surface area contributed by atoms with Crippen LogP contribution < -0.4 is 30.7 Å². The fourth-order valence-corrected chi connectivity index (χ4v) is 11.1. The molecule has 3 aliphatic heterocycles. The number of anilines is 1. The number of hydrogen-bond donors (Lipinski definition) is 5. The van der Waals surface area contributed by atoms with E-state index in [4.69, 9.17) is 19.4 Å². The van der Waals surface area contributed by atoms with Gasteiger partial charge in [-0.2, -0.15) is 4.31 Å². The molecule has 4 aromatic rings. The molecule has 67 heavy (non-hydrogen) atoms. The Labute approximate surface area is 396 Å². The number of carboxylic acids is 1. The van der Waals surface area contributed by atoms with Gasteiger partial charge in [-0.25, -0.2) is 28.0 Å². The number of nitrogens with zero attached hydrogens (tertiary/aromatic N) is 4. The van der Waals surface area contributed by atoms with Crippen LogP contribution in [0.4, 0.5) is 9.93 Å². The molecule has 0 aliphatic carbocycles.